The van der Waals surface area contributed by atoms with Crippen LogP contribution >= 0.6 is 0 Å². The zero-order chi connectivity index (χ0) is 24.4. The Morgan fingerprint density at radius 1 is 1.06 bits per heavy atom. The monoisotopic (exact) mass is 486 g/mol. The Morgan fingerprint density at radius 3 is 2.49 bits per heavy atom. The van der Waals surface area contributed by atoms with Gasteiger partial charge in [0.15, 0.2) is 5.82 Å². The number of rotatable bonds is 6. The van der Waals surface area contributed by atoms with Gasteiger partial charge in [-0.3, -0.25) is 0 Å². The van der Waals surface area contributed by atoms with Crippen molar-refractivity contribution in [1.82, 2.24) is 44.7 Å². The number of hydrogen-bond donors (Lipinski definition) is 0. The molecule has 1 aliphatic rings. The topological polar surface area (TPSA) is 113 Å². The molecule has 11 nitrogen and oxygen atoms in total. The molecule has 14 heteroatoms. The quantitative estimate of drug-likeness (QED) is 0.406. The summed E-state index contributed by atoms with van der Waals surface area (Å²) in [5.41, 5.74) is 0.533. The van der Waals surface area contributed by atoms with Gasteiger partial charge in [-0.05, 0) is 31.9 Å². The van der Waals surface area contributed by atoms with Crippen LogP contribution in [0, 0.1) is 6.92 Å². The smallest absolute Gasteiger partial charge is 0.419 e. The molecule has 1 fully saturated rings. The molecule has 1 saturated heterocycles. The molecule has 0 saturated carbocycles. The number of ether oxygens (including phenoxy) is 1. The second-order valence-corrected chi connectivity index (χ2v) is 8.03. The zero-order valence-electron chi connectivity index (χ0n) is 18.7. The number of aryl methyl sites for hydroxylation is 1. The summed E-state index contributed by atoms with van der Waals surface area (Å²) in [6.07, 6.45) is 3.29. The maximum absolute atomic E-state index is 12.7. The van der Waals surface area contributed by atoms with Crippen LogP contribution in [0.1, 0.15) is 35.8 Å². The molecule has 35 heavy (non-hydrogen) atoms. The lowest BCUT2D eigenvalue weighted by atomic mass is 10.1. The van der Waals surface area contributed by atoms with Gasteiger partial charge in [-0.25, -0.2) is 24.6 Å². The van der Waals surface area contributed by atoms with Crippen molar-refractivity contribution in [1.29, 1.82) is 0 Å². The second-order valence-electron chi connectivity index (χ2n) is 8.03. The molecule has 0 bridgehead atoms. The first-order chi connectivity index (χ1) is 16.9. The van der Waals surface area contributed by atoms with Crippen LogP contribution in [0.3, 0.4) is 0 Å². The number of piperidine rings is 1. The first-order valence-corrected chi connectivity index (χ1v) is 10.9. The van der Waals surface area contributed by atoms with E-state index in [-0.39, 0.29) is 18.6 Å². The second kappa shape index (κ2) is 9.27. The highest BCUT2D eigenvalue weighted by molar-refractivity contribution is 5.34. The standard InChI is InChI=1S/C21H21F3N10O/c1-14-18(2-3-19(30-14)33-13-25-12-29-33)35-11-16-10-28-34(31-16)17-4-6-32(7-5-17)20-26-8-15(9-27-20)21(22,23)24/h2-3,8-10,12-13,17H,4-7,11H2,1H3. The van der Waals surface area contributed by atoms with Gasteiger partial charge in [0.2, 0.25) is 5.95 Å². The van der Waals surface area contributed by atoms with E-state index in [1.807, 2.05) is 17.9 Å². The van der Waals surface area contributed by atoms with E-state index in [9.17, 15) is 13.2 Å². The molecular formula is C21H21F3N10O. The molecule has 0 unspecified atom stereocenters. The molecule has 4 aromatic rings. The van der Waals surface area contributed by atoms with Crippen molar-refractivity contribution >= 4 is 5.95 Å². The number of aromatic nitrogens is 9. The van der Waals surface area contributed by atoms with Crippen LogP contribution in [0.25, 0.3) is 5.82 Å². The Morgan fingerprint density at radius 2 is 1.83 bits per heavy atom. The average molecular weight is 486 g/mol. The average Bonchev–Trinajstić information content (AvgIpc) is 3.56. The van der Waals surface area contributed by atoms with E-state index in [0.29, 0.717) is 48.9 Å². The zero-order valence-corrected chi connectivity index (χ0v) is 18.7. The number of hydrogen-bond acceptors (Lipinski definition) is 9. The highest BCUT2D eigenvalue weighted by Gasteiger charge is 2.32. The lowest BCUT2D eigenvalue weighted by Gasteiger charge is -2.31. The maximum Gasteiger partial charge on any atom is 0.419 e. The van der Waals surface area contributed by atoms with Crippen LogP contribution in [0.4, 0.5) is 19.1 Å². The Labute approximate surface area is 197 Å². The van der Waals surface area contributed by atoms with Crippen molar-refractivity contribution in [3.8, 4) is 11.6 Å². The lowest BCUT2D eigenvalue weighted by molar-refractivity contribution is -0.138. The molecule has 0 aliphatic carbocycles. The van der Waals surface area contributed by atoms with Crippen molar-refractivity contribution < 1.29 is 17.9 Å². The molecule has 4 aromatic heterocycles. The minimum absolute atomic E-state index is 0.0693. The summed E-state index contributed by atoms with van der Waals surface area (Å²) in [6, 6.07) is 3.69. The SMILES string of the molecule is Cc1nc(-n2cncn2)ccc1OCc1cnn(C2CCN(c3ncc(C(F)(F)F)cn3)CC2)n1. The largest absolute Gasteiger partial charge is 0.485 e. The van der Waals surface area contributed by atoms with Crippen molar-refractivity contribution in [2.45, 2.75) is 38.6 Å². The number of halogens is 3. The van der Waals surface area contributed by atoms with Gasteiger partial charge in [0, 0.05) is 25.5 Å². The van der Waals surface area contributed by atoms with E-state index in [2.05, 4.69) is 35.2 Å². The van der Waals surface area contributed by atoms with Crippen LogP contribution in [-0.4, -0.2) is 57.8 Å². The fourth-order valence-corrected chi connectivity index (χ4v) is 3.77. The summed E-state index contributed by atoms with van der Waals surface area (Å²) < 4.78 is 45.6. The molecule has 1 aliphatic heterocycles. The predicted octanol–water partition coefficient (Wildman–Crippen LogP) is 2.79. The summed E-state index contributed by atoms with van der Waals surface area (Å²) in [6.45, 7) is 3.27. The molecule has 0 atom stereocenters. The Balaban J connectivity index is 1.15. The van der Waals surface area contributed by atoms with E-state index in [1.165, 1.54) is 6.33 Å². The van der Waals surface area contributed by atoms with Gasteiger partial charge < -0.3 is 9.64 Å². The van der Waals surface area contributed by atoms with Crippen molar-refractivity contribution in [2.75, 3.05) is 18.0 Å². The number of anilines is 1. The number of alkyl halides is 3. The maximum atomic E-state index is 12.7. The van der Waals surface area contributed by atoms with Crippen molar-refractivity contribution in [3.63, 3.8) is 0 Å². The predicted molar refractivity (Wildman–Crippen MR) is 116 cm³/mol. The van der Waals surface area contributed by atoms with Crippen molar-refractivity contribution in [2.24, 2.45) is 0 Å². The van der Waals surface area contributed by atoms with Gasteiger partial charge >= 0.3 is 6.18 Å². The fourth-order valence-electron chi connectivity index (χ4n) is 3.77. The van der Waals surface area contributed by atoms with Crippen LogP contribution in [0.15, 0.2) is 43.4 Å². The molecule has 0 N–H and O–H groups in total. The third kappa shape index (κ3) is 5.05. The molecule has 5 heterocycles. The van der Waals surface area contributed by atoms with Crippen LogP contribution in [-0.2, 0) is 12.8 Å². The lowest BCUT2D eigenvalue weighted by Crippen LogP contribution is -2.36. The first-order valence-electron chi connectivity index (χ1n) is 10.9. The minimum atomic E-state index is -4.45. The molecule has 0 spiro atoms. The summed E-state index contributed by atoms with van der Waals surface area (Å²) in [4.78, 5) is 19.7. The molecule has 0 radical (unpaired) electrons. The van der Waals surface area contributed by atoms with Crippen LogP contribution < -0.4 is 9.64 Å². The summed E-state index contributed by atoms with van der Waals surface area (Å²) in [7, 11) is 0. The van der Waals surface area contributed by atoms with Gasteiger partial charge in [-0.1, -0.05) is 0 Å². The molecule has 0 amide bonds. The van der Waals surface area contributed by atoms with E-state index < -0.39 is 11.7 Å². The van der Waals surface area contributed by atoms with Gasteiger partial charge in [-0.15, -0.1) is 0 Å². The Hall–Kier alpha value is -4.10. The highest BCUT2D eigenvalue weighted by Crippen LogP contribution is 2.29. The van der Waals surface area contributed by atoms with Gasteiger partial charge in [-0.2, -0.15) is 33.3 Å². The van der Waals surface area contributed by atoms with E-state index in [1.54, 1.807) is 28.1 Å². The molecule has 0 aromatic carbocycles. The first kappa shape index (κ1) is 22.7. The normalized spacial score (nSPS) is 14.9. The third-order valence-corrected chi connectivity index (χ3v) is 5.65. The van der Waals surface area contributed by atoms with E-state index in [0.717, 1.165) is 12.4 Å². The third-order valence-electron chi connectivity index (χ3n) is 5.65. The van der Waals surface area contributed by atoms with Gasteiger partial charge in [0.05, 0.1) is 23.5 Å². The summed E-state index contributed by atoms with van der Waals surface area (Å²) in [5, 5.41) is 13.0. The number of pyridine rings is 1. The fraction of sp³-hybridized carbons (Fsp3) is 0.381. The molecule has 182 valence electrons. The molecular weight excluding hydrogens is 465 g/mol. The van der Waals surface area contributed by atoms with Crippen molar-refractivity contribution in [3.05, 3.63) is 60.3 Å². The summed E-state index contributed by atoms with van der Waals surface area (Å²) in [5.74, 6) is 1.57. The minimum Gasteiger partial charge on any atom is -0.485 e. The number of nitrogens with zero attached hydrogens (tertiary/aromatic N) is 10. The van der Waals surface area contributed by atoms with Gasteiger partial charge in [0.25, 0.3) is 0 Å². The highest BCUT2D eigenvalue weighted by atomic mass is 19.4. The van der Waals surface area contributed by atoms with Crippen LogP contribution in [0.5, 0.6) is 5.75 Å². The van der Waals surface area contributed by atoms with Gasteiger partial charge in [0.1, 0.15) is 30.7 Å². The molecule has 5 rings (SSSR count). The Kier molecular flexibility index (Phi) is 6.01. The Bertz CT molecular complexity index is 1270. The van der Waals surface area contributed by atoms with Crippen LogP contribution in [0.2, 0.25) is 0 Å². The van der Waals surface area contributed by atoms with E-state index >= 15 is 0 Å². The van der Waals surface area contributed by atoms with E-state index in [4.69, 9.17) is 4.74 Å². The summed E-state index contributed by atoms with van der Waals surface area (Å²) >= 11 is 0.